The van der Waals surface area contributed by atoms with Crippen LogP contribution in [-0.4, -0.2) is 38.6 Å². The van der Waals surface area contributed by atoms with Gasteiger partial charge >= 0.3 is 0 Å². The van der Waals surface area contributed by atoms with Gasteiger partial charge in [-0.1, -0.05) is 12.1 Å². The van der Waals surface area contributed by atoms with Crippen molar-refractivity contribution in [1.29, 1.82) is 0 Å². The summed E-state index contributed by atoms with van der Waals surface area (Å²) in [7, 11) is 1.54. The quantitative estimate of drug-likeness (QED) is 0.590. The number of carbonyl (C=O) groups excluding carboxylic acids is 2. The fourth-order valence-electron chi connectivity index (χ4n) is 2.43. The number of anilines is 2. The first-order chi connectivity index (χ1) is 13.0. The van der Waals surface area contributed by atoms with E-state index in [0.29, 0.717) is 30.3 Å². The zero-order valence-electron chi connectivity index (χ0n) is 15.8. The number of aryl methyl sites for hydroxylation is 1. The van der Waals surface area contributed by atoms with Gasteiger partial charge in [-0.25, -0.2) is 0 Å². The Kier molecular flexibility index (Phi) is 7.49. The van der Waals surface area contributed by atoms with E-state index in [4.69, 9.17) is 9.47 Å². The van der Waals surface area contributed by atoms with Gasteiger partial charge in [0, 0.05) is 12.6 Å². The Morgan fingerprint density at radius 1 is 1.11 bits per heavy atom. The molecule has 0 spiro atoms. The molecule has 0 heterocycles. The summed E-state index contributed by atoms with van der Waals surface area (Å²) in [5.41, 5.74) is 2.36. The molecule has 27 heavy (non-hydrogen) atoms. The maximum Gasteiger partial charge on any atom is 0.239 e. The summed E-state index contributed by atoms with van der Waals surface area (Å²) in [6.45, 7) is 4.29. The van der Waals surface area contributed by atoms with Crippen LogP contribution in [0.1, 0.15) is 12.5 Å². The van der Waals surface area contributed by atoms with Crippen LogP contribution in [0.4, 0.5) is 11.4 Å². The summed E-state index contributed by atoms with van der Waals surface area (Å²) < 4.78 is 10.9. The van der Waals surface area contributed by atoms with E-state index in [1.807, 2.05) is 31.2 Å². The summed E-state index contributed by atoms with van der Waals surface area (Å²) in [5.74, 6) is 1.02. The highest BCUT2D eigenvalue weighted by Crippen LogP contribution is 2.27. The van der Waals surface area contributed by atoms with Gasteiger partial charge in [0.1, 0.15) is 18.1 Å². The van der Waals surface area contributed by atoms with Crippen LogP contribution < -0.4 is 25.4 Å². The molecule has 2 amide bonds. The third-order valence-electron chi connectivity index (χ3n) is 3.64. The van der Waals surface area contributed by atoms with Gasteiger partial charge < -0.3 is 25.4 Å². The van der Waals surface area contributed by atoms with Gasteiger partial charge in [-0.3, -0.25) is 9.59 Å². The highest BCUT2D eigenvalue weighted by atomic mass is 16.5. The lowest BCUT2D eigenvalue weighted by atomic mass is 10.2. The molecule has 3 N–H and O–H groups in total. The maximum atomic E-state index is 12.0. The molecular formula is C20H25N3O4. The molecule has 0 atom stereocenters. The van der Waals surface area contributed by atoms with Crippen LogP contribution in [0.25, 0.3) is 0 Å². The molecule has 0 aliphatic heterocycles. The number of methoxy groups -OCH3 is 1. The second-order valence-corrected chi connectivity index (χ2v) is 5.96. The van der Waals surface area contributed by atoms with Crippen LogP contribution in [0.15, 0.2) is 42.5 Å². The Labute approximate surface area is 159 Å². The van der Waals surface area contributed by atoms with Crippen LogP contribution in [0.2, 0.25) is 0 Å². The summed E-state index contributed by atoms with van der Waals surface area (Å²) in [4.78, 5) is 23.2. The van der Waals surface area contributed by atoms with Crippen LogP contribution in [0.5, 0.6) is 11.5 Å². The van der Waals surface area contributed by atoms with Crippen LogP contribution >= 0.6 is 0 Å². The highest BCUT2D eigenvalue weighted by Gasteiger charge is 2.07. The van der Waals surface area contributed by atoms with Crippen molar-refractivity contribution in [2.45, 2.75) is 13.8 Å². The summed E-state index contributed by atoms with van der Waals surface area (Å²) in [5, 5.41) is 8.49. The molecule has 7 nitrogen and oxygen atoms in total. The second-order valence-electron chi connectivity index (χ2n) is 5.96. The Morgan fingerprint density at radius 3 is 2.63 bits per heavy atom. The van der Waals surface area contributed by atoms with Crippen LogP contribution in [0, 0.1) is 6.92 Å². The molecule has 7 heteroatoms. The molecule has 0 saturated carbocycles. The minimum Gasteiger partial charge on any atom is -0.495 e. The molecule has 0 aliphatic rings. The molecule has 144 valence electrons. The number of nitrogens with one attached hydrogen (secondary N) is 3. The van der Waals surface area contributed by atoms with Gasteiger partial charge in [-0.05, 0) is 42.8 Å². The van der Waals surface area contributed by atoms with E-state index in [1.165, 1.54) is 6.92 Å². The maximum absolute atomic E-state index is 12.0. The van der Waals surface area contributed by atoms with Crippen molar-refractivity contribution in [3.63, 3.8) is 0 Å². The molecule has 0 fully saturated rings. The van der Waals surface area contributed by atoms with E-state index in [9.17, 15) is 9.59 Å². The lowest BCUT2D eigenvalue weighted by molar-refractivity contribution is -0.119. The normalized spacial score (nSPS) is 10.0. The fourth-order valence-corrected chi connectivity index (χ4v) is 2.43. The SMILES string of the molecule is COc1ccc(NC(C)=O)cc1NCC(=O)NCCOc1cccc(C)c1. The molecule has 0 aromatic heterocycles. The first-order valence-corrected chi connectivity index (χ1v) is 8.63. The molecule has 2 rings (SSSR count). The zero-order chi connectivity index (χ0) is 19.6. The van der Waals surface area contributed by atoms with Crippen LogP contribution in [0.3, 0.4) is 0 Å². The standard InChI is InChI=1S/C20H25N3O4/c1-14-5-4-6-17(11-14)27-10-9-21-20(25)13-22-18-12-16(23-15(2)24)7-8-19(18)26-3/h4-8,11-12,22H,9-10,13H2,1-3H3,(H,21,25)(H,23,24). The van der Waals surface area contributed by atoms with E-state index < -0.39 is 0 Å². The van der Waals surface area contributed by atoms with E-state index in [1.54, 1.807) is 25.3 Å². The van der Waals surface area contributed by atoms with Crippen molar-refractivity contribution in [3.8, 4) is 11.5 Å². The van der Waals surface area contributed by atoms with Crippen molar-refractivity contribution < 1.29 is 19.1 Å². The van der Waals surface area contributed by atoms with E-state index >= 15 is 0 Å². The van der Waals surface area contributed by atoms with E-state index in [2.05, 4.69) is 16.0 Å². The lowest BCUT2D eigenvalue weighted by Gasteiger charge is -2.13. The van der Waals surface area contributed by atoms with Crippen molar-refractivity contribution in [2.24, 2.45) is 0 Å². The Balaban J connectivity index is 1.78. The first kappa shape index (κ1) is 20.1. The Morgan fingerprint density at radius 2 is 1.93 bits per heavy atom. The predicted octanol–water partition coefficient (Wildman–Crippen LogP) is 2.57. The average molecular weight is 371 g/mol. The number of rotatable bonds is 9. The molecule has 0 bridgehead atoms. The summed E-state index contributed by atoms with van der Waals surface area (Å²) in [6.07, 6.45) is 0. The molecule has 0 aliphatic carbocycles. The smallest absolute Gasteiger partial charge is 0.239 e. The Bertz CT molecular complexity index is 793. The third-order valence-corrected chi connectivity index (χ3v) is 3.64. The number of benzene rings is 2. The van der Waals surface area contributed by atoms with Gasteiger partial charge in [0.25, 0.3) is 0 Å². The molecule has 0 saturated heterocycles. The predicted molar refractivity (Wildman–Crippen MR) is 105 cm³/mol. The minimum atomic E-state index is -0.171. The second kappa shape index (κ2) is 10.1. The largest absolute Gasteiger partial charge is 0.495 e. The van der Waals surface area contributed by atoms with Crippen molar-refractivity contribution in [2.75, 3.05) is 37.4 Å². The molecule has 2 aromatic rings. The first-order valence-electron chi connectivity index (χ1n) is 8.63. The van der Waals surface area contributed by atoms with Crippen LogP contribution in [-0.2, 0) is 9.59 Å². The van der Waals surface area contributed by atoms with Gasteiger partial charge in [-0.15, -0.1) is 0 Å². The number of hydrogen-bond donors (Lipinski definition) is 3. The summed E-state index contributed by atoms with van der Waals surface area (Å²) in [6, 6.07) is 12.9. The zero-order valence-corrected chi connectivity index (χ0v) is 15.8. The van der Waals surface area contributed by atoms with Crippen molar-refractivity contribution in [3.05, 3.63) is 48.0 Å². The topological polar surface area (TPSA) is 88.7 Å². The molecule has 0 unspecified atom stereocenters. The number of ether oxygens (including phenoxy) is 2. The molecular weight excluding hydrogens is 346 g/mol. The van der Waals surface area contributed by atoms with E-state index in [0.717, 1.165) is 11.3 Å². The third kappa shape index (κ3) is 6.89. The molecule has 2 aromatic carbocycles. The number of carbonyl (C=O) groups is 2. The van der Waals surface area contributed by atoms with Gasteiger partial charge in [0.2, 0.25) is 11.8 Å². The average Bonchev–Trinajstić information content (AvgIpc) is 2.63. The number of amides is 2. The van der Waals surface area contributed by atoms with Gasteiger partial charge in [-0.2, -0.15) is 0 Å². The van der Waals surface area contributed by atoms with Crippen molar-refractivity contribution >= 4 is 23.2 Å². The summed E-state index contributed by atoms with van der Waals surface area (Å²) >= 11 is 0. The lowest BCUT2D eigenvalue weighted by Crippen LogP contribution is -2.33. The fraction of sp³-hybridized carbons (Fsp3) is 0.300. The Hall–Kier alpha value is -3.22. The monoisotopic (exact) mass is 371 g/mol. The van der Waals surface area contributed by atoms with Gasteiger partial charge in [0.15, 0.2) is 0 Å². The van der Waals surface area contributed by atoms with Crippen molar-refractivity contribution in [1.82, 2.24) is 5.32 Å². The minimum absolute atomic E-state index is 0.0737. The highest BCUT2D eigenvalue weighted by molar-refractivity contribution is 5.90. The van der Waals surface area contributed by atoms with E-state index in [-0.39, 0.29) is 18.4 Å². The molecule has 0 radical (unpaired) electrons. The van der Waals surface area contributed by atoms with Gasteiger partial charge in [0.05, 0.1) is 25.9 Å². The number of hydrogen-bond acceptors (Lipinski definition) is 5.